The van der Waals surface area contributed by atoms with Crippen molar-refractivity contribution in [3.63, 3.8) is 0 Å². The minimum atomic E-state index is 0.0660. The van der Waals surface area contributed by atoms with Gasteiger partial charge >= 0.3 is 0 Å². The van der Waals surface area contributed by atoms with Gasteiger partial charge in [0.25, 0.3) is 0 Å². The lowest BCUT2D eigenvalue weighted by molar-refractivity contribution is -0.120. The minimum Gasteiger partial charge on any atom is -0.494 e. The summed E-state index contributed by atoms with van der Waals surface area (Å²) in [6.07, 6.45) is 2.98. The normalized spacial score (nSPS) is 11.1. The molecule has 0 fully saturated rings. The highest BCUT2D eigenvalue weighted by molar-refractivity contribution is 5.79. The second-order valence-corrected chi connectivity index (χ2v) is 9.17. The van der Waals surface area contributed by atoms with Crippen LogP contribution in [0, 0.1) is 20.8 Å². The van der Waals surface area contributed by atoms with Crippen LogP contribution in [0.25, 0.3) is 11.0 Å². The summed E-state index contributed by atoms with van der Waals surface area (Å²) in [5.74, 6) is 2.05. The number of ether oxygens (including phenoxy) is 1. The van der Waals surface area contributed by atoms with E-state index in [1.165, 1.54) is 11.1 Å². The van der Waals surface area contributed by atoms with E-state index in [0.29, 0.717) is 19.6 Å². The van der Waals surface area contributed by atoms with Gasteiger partial charge in [-0.3, -0.25) is 4.79 Å². The SMILES string of the molecule is Cc1ccc(OCCCn2c(CCCNC(=O)Cc3ccccc3C)nc3ccccc32)cc1C. The van der Waals surface area contributed by atoms with E-state index < -0.39 is 0 Å². The van der Waals surface area contributed by atoms with Gasteiger partial charge in [-0.25, -0.2) is 4.98 Å². The largest absolute Gasteiger partial charge is 0.494 e. The van der Waals surface area contributed by atoms with Crippen LogP contribution in [0.4, 0.5) is 0 Å². The molecule has 4 aromatic rings. The number of aryl methyl sites for hydroxylation is 5. The quantitative estimate of drug-likeness (QED) is 0.286. The Morgan fingerprint density at radius 1 is 0.914 bits per heavy atom. The number of fused-ring (bicyclic) bond motifs is 1. The van der Waals surface area contributed by atoms with Crippen molar-refractivity contribution in [1.29, 1.82) is 0 Å². The number of nitrogens with zero attached hydrogens (tertiary/aromatic N) is 2. The second-order valence-electron chi connectivity index (χ2n) is 9.17. The summed E-state index contributed by atoms with van der Waals surface area (Å²) in [6, 6.07) is 22.5. The highest BCUT2D eigenvalue weighted by Gasteiger charge is 2.11. The number of hydrogen-bond donors (Lipinski definition) is 1. The van der Waals surface area contributed by atoms with Crippen molar-refractivity contribution >= 4 is 16.9 Å². The zero-order valence-electron chi connectivity index (χ0n) is 21.0. The first kappa shape index (κ1) is 24.5. The molecular formula is C30H35N3O2. The monoisotopic (exact) mass is 469 g/mol. The highest BCUT2D eigenvalue weighted by atomic mass is 16.5. The number of imidazole rings is 1. The fraction of sp³-hybridized carbons (Fsp3) is 0.333. The van der Waals surface area contributed by atoms with Gasteiger partial charge in [0.2, 0.25) is 5.91 Å². The lowest BCUT2D eigenvalue weighted by Crippen LogP contribution is -2.26. The van der Waals surface area contributed by atoms with Crippen molar-refractivity contribution in [2.24, 2.45) is 0 Å². The molecule has 3 aromatic carbocycles. The maximum Gasteiger partial charge on any atom is 0.224 e. The third-order valence-electron chi connectivity index (χ3n) is 6.52. The van der Waals surface area contributed by atoms with Crippen LogP contribution in [-0.2, 0) is 24.2 Å². The zero-order valence-corrected chi connectivity index (χ0v) is 21.0. The van der Waals surface area contributed by atoms with E-state index >= 15 is 0 Å². The number of aromatic nitrogens is 2. The highest BCUT2D eigenvalue weighted by Crippen LogP contribution is 2.19. The summed E-state index contributed by atoms with van der Waals surface area (Å²) in [5.41, 5.74) is 6.92. The van der Waals surface area contributed by atoms with Gasteiger partial charge in [-0.15, -0.1) is 0 Å². The summed E-state index contributed by atoms with van der Waals surface area (Å²) in [6.45, 7) is 8.41. The molecule has 4 rings (SSSR count). The fourth-order valence-electron chi connectivity index (χ4n) is 4.30. The van der Waals surface area contributed by atoms with E-state index in [9.17, 15) is 4.79 Å². The Kier molecular flexibility index (Phi) is 8.19. The summed E-state index contributed by atoms with van der Waals surface area (Å²) in [4.78, 5) is 17.2. The van der Waals surface area contributed by atoms with Crippen molar-refractivity contribution in [2.75, 3.05) is 13.2 Å². The van der Waals surface area contributed by atoms with Crippen LogP contribution in [-0.4, -0.2) is 28.6 Å². The van der Waals surface area contributed by atoms with Crippen LogP contribution in [0.1, 0.15) is 40.9 Å². The van der Waals surface area contributed by atoms with Crippen LogP contribution in [0.3, 0.4) is 0 Å². The number of rotatable bonds is 11. The Hall–Kier alpha value is -3.60. The summed E-state index contributed by atoms with van der Waals surface area (Å²) in [7, 11) is 0. The van der Waals surface area contributed by atoms with Crippen molar-refractivity contribution in [3.05, 3.63) is 94.8 Å². The van der Waals surface area contributed by atoms with Gasteiger partial charge in [0.1, 0.15) is 11.6 Å². The van der Waals surface area contributed by atoms with Gasteiger partial charge in [0.05, 0.1) is 24.1 Å². The molecule has 0 saturated heterocycles. The number of carbonyl (C=O) groups is 1. The Morgan fingerprint density at radius 3 is 2.54 bits per heavy atom. The topological polar surface area (TPSA) is 56.1 Å². The maximum atomic E-state index is 12.4. The molecule has 0 spiro atoms. The molecule has 0 radical (unpaired) electrons. The molecule has 1 amide bonds. The van der Waals surface area contributed by atoms with E-state index in [4.69, 9.17) is 9.72 Å². The maximum absolute atomic E-state index is 12.4. The van der Waals surface area contributed by atoms with Gasteiger partial charge in [0.15, 0.2) is 0 Å². The molecule has 182 valence electrons. The molecule has 5 nitrogen and oxygen atoms in total. The first-order valence-electron chi connectivity index (χ1n) is 12.5. The Balaban J connectivity index is 1.30. The van der Waals surface area contributed by atoms with Crippen molar-refractivity contribution in [2.45, 2.75) is 53.0 Å². The molecule has 0 bridgehead atoms. The summed E-state index contributed by atoms with van der Waals surface area (Å²) < 4.78 is 8.29. The average molecular weight is 470 g/mol. The summed E-state index contributed by atoms with van der Waals surface area (Å²) in [5, 5.41) is 3.06. The van der Waals surface area contributed by atoms with Crippen LogP contribution in [0.15, 0.2) is 66.7 Å². The third-order valence-corrected chi connectivity index (χ3v) is 6.52. The number of nitrogens with one attached hydrogen (secondary N) is 1. The zero-order chi connectivity index (χ0) is 24.6. The average Bonchev–Trinajstić information content (AvgIpc) is 3.20. The molecule has 0 unspecified atom stereocenters. The lowest BCUT2D eigenvalue weighted by atomic mass is 10.1. The number of carbonyl (C=O) groups excluding carboxylic acids is 1. The third kappa shape index (κ3) is 6.50. The van der Waals surface area contributed by atoms with Gasteiger partial charge in [0, 0.05) is 19.5 Å². The standard InChI is InChI=1S/C30H35N3O2/c1-22-15-16-26(20-24(22)3)35-19-9-18-33-28-13-7-6-12-27(28)32-29(33)14-8-17-31-30(34)21-25-11-5-4-10-23(25)2/h4-7,10-13,15-16,20H,8-9,14,17-19,21H2,1-3H3,(H,31,34). The van der Waals surface area contributed by atoms with E-state index in [2.05, 4.69) is 54.1 Å². The number of benzene rings is 3. The first-order chi connectivity index (χ1) is 17.0. The minimum absolute atomic E-state index is 0.0660. The van der Waals surface area contributed by atoms with Gasteiger partial charge < -0.3 is 14.6 Å². The number of amides is 1. The molecule has 1 heterocycles. The predicted molar refractivity (Wildman–Crippen MR) is 142 cm³/mol. The Bertz CT molecular complexity index is 1290. The van der Waals surface area contributed by atoms with E-state index in [-0.39, 0.29) is 5.91 Å². The number of hydrogen-bond acceptors (Lipinski definition) is 3. The van der Waals surface area contributed by atoms with E-state index in [1.807, 2.05) is 43.3 Å². The summed E-state index contributed by atoms with van der Waals surface area (Å²) >= 11 is 0. The van der Waals surface area contributed by atoms with Gasteiger partial charge in [-0.1, -0.05) is 42.5 Å². The molecule has 5 heteroatoms. The second kappa shape index (κ2) is 11.7. The van der Waals surface area contributed by atoms with Crippen molar-refractivity contribution < 1.29 is 9.53 Å². The van der Waals surface area contributed by atoms with Crippen LogP contribution < -0.4 is 10.1 Å². The smallest absolute Gasteiger partial charge is 0.224 e. The molecule has 1 N–H and O–H groups in total. The van der Waals surface area contributed by atoms with Crippen LogP contribution in [0.2, 0.25) is 0 Å². The van der Waals surface area contributed by atoms with Gasteiger partial charge in [-0.2, -0.15) is 0 Å². The van der Waals surface area contributed by atoms with Gasteiger partial charge in [-0.05, 0) is 80.1 Å². The lowest BCUT2D eigenvalue weighted by Gasteiger charge is -2.12. The first-order valence-corrected chi connectivity index (χ1v) is 12.5. The predicted octanol–water partition coefficient (Wildman–Crippen LogP) is 5.72. The van der Waals surface area contributed by atoms with E-state index in [0.717, 1.165) is 59.5 Å². The van der Waals surface area contributed by atoms with Crippen molar-refractivity contribution in [3.8, 4) is 5.75 Å². The van der Waals surface area contributed by atoms with Crippen LogP contribution >= 0.6 is 0 Å². The molecule has 0 saturated carbocycles. The molecule has 0 aliphatic rings. The van der Waals surface area contributed by atoms with E-state index in [1.54, 1.807) is 0 Å². The Labute approximate surface area is 208 Å². The Morgan fingerprint density at radius 2 is 1.71 bits per heavy atom. The number of para-hydroxylation sites is 2. The molecule has 0 atom stereocenters. The molecule has 0 aliphatic heterocycles. The molecule has 35 heavy (non-hydrogen) atoms. The fourth-order valence-corrected chi connectivity index (χ4v) is 4.30. The molecular weight excluding hydrogens is 434 g/mol. The molecule has 1 aromatic heterocycles. The van der Waals surface area contributed by atoms with Crippen molar-refractivity contribution in [1.82, 2.24) is 14.9 Å². The molecule has 0 aliphatic carbocycles. The van der Waals surface area contributed by atoms with Crippen LogP contribution in [0.5, 0.6) is 5.75 Å².